The Kier molecular flexibility index (Phi) is 1.72. The van der Waals surface area contributed by atoms with Crippen LogP contribution in [0.1, 0.15) is 5.69 Å². The van der Waals surface area contributed by atoms with E-state index in [1.165, 1.54) is 5.69 Å². The number of aromatic nitrogens is 1. The number of halogens is 1. The summed E-state index contributed by atoms with van der Waals surface area (Å²) in [4.78, 5) is 13.0. The van der Waals surface area contributed by atoms with Crippen molar-refractivity contribution in [2.24, 2.45) is 0 Å². The molecule has 0 fully saturated rings. The van der Waals surface area contributed by atoms with Crippen molar-refractivity contribution in [2.45, 2.75) is 13.1 Å². The van der Waals surface area contributed by atoms with E-state index in [-0.39, 0.29) is 5.91 Å². The lowest BCUT2D eigenvalue weighted by molar-refractivity contribution is -0.132. The highest BCUT2D eigenvalue weighted by atomic mass is 79.9. The monoisotopic (exact) mass is 228 g/mol. The molecule has 12 heavy (non-hydrogen) atoms. The topological polar surface area (TPSA) is 25.2 Å². The van der Waals surface area contributed by atoms with Crippen molar-refractivity contribution in [3.63, 3.8) is 0 Å². The molecular weight excluding hydrogens is 220 g/mol. The van der Waals surface area contributed by atoms with Gasteiger partial charge in [-0.05, 0) is 28.1 Å². The number of rotatable bonds is 0. The zero-order chi connectivity index (χ0) is 8.72. The molecule has 0 unspecified atom stereocenters. The molecule has 0 aliphatic carbocycles. The van der Waals surface area contributed by atoms with Crippen molar-refractivity contribution >= 4 is 21.8 Å². The van der Waals surface area contributed by atoms with Gasteiger partial charge in [0.25, 0.3) is 0 Å². The van der Waals surface area contributed by atoms with Gasteiger partial charge in [-0.2, -0.15) is 0 Å². The summed E-state index contributed by atoms with van der Waals surface area (Å²) in [7, 11) is 1.83. The molecule has 0 radical (unpaired) electrons. The van der Waals surface area contributed by atoms with Crippen molar-refractivity contribution in [1.29, 1.82) is 0 Å². The summed E-state index contributed by atoms with van der Waals surface area (Å²) in [6.07, 6.45) is 0. The first kappa shape index (κ1) is 7.86. The van der Waals surface area contributed by atoms with Crippen molar-refractivity contribution in [3.8, 4) is 0 Å². The van der Waals surface area contributed by atoms with Gasteiger partial charge in [0.15, 0.2) is 0 Å². The van der Waals surface area contributed by atoms with Crippen molar-refractivity contribution in [2.75, 3.05) is 7.05 Å². The Morgan fingerprint density at radius 2 is 2.17 bits per heavy atom. The molecule has 1 aromatic rings. The number of hydrogen-bond donors (Lipinski definition) is 0. The Morgan fingerprint density at radius 1 is 1.42 bits per heavy atom. The van der Waals surface area contributed by atoms with E-state index in [1.54, 1.807) is 4.90 Å². The molecule has 1 aliphatic rings. The van der Waals surface area contributed by atoms with Crippen LogP contribution in [0.15, 0.2) is 16.7 Å². The summed E-state index contributed by atoms with van der Waals surface area (Å²) in [6, 6.07) is 4.01. The van der Waals surface area contributed by atoms with Crippen molar-refractivity contribution < 1.29 is 4.79 Å². The second-order valence-corrected chi connectivity index (χ2v) is 3.80. The van der Waals surface area contributed by atoms with Gasteiger partial charge in [-0.1, -0.05) is 0 Å². The number of amides is 1. The van der Waals surface area contributed by atoms with Gasteiger partial charge in [-0.25, -0.2) is 0 Å². The highest BCUT2D eigenvalue weighted by Crippen LogP contribution is 2.20. The number of likely N-dealkylation sites (N-methyl/N-ethyl adjacent to an activating group) is 1. The third-order valence-corrected chi connectivity index (χ3v) is 2.83. The maximum atomic E-state index is 11.3. The first-order chi connectivity index (χ1) is 5.68. The summed E-state index contributed by atoms with van der Waals surface area (Å²) in [5.41, 5.74) is 1.18. The second-order valence-electron chi connectivity index (χ2n) is 2.98. The maximum absolute atomic E-state index is 11.3. The molecule has 0 N–H and O–H groups in total. The molecule has 1 aromatic heterocycles. The Morgan fingerprint density at radius 3 is 2.92 bits per heavy atom. The van der Waals surface area contributed by atoms with E-state index < -0.39 is 0 Å². The van der Waals surface area contributed by atoms with Crippen LogP contribution in [0.2, 0.25) is 0 Å². The number of carbonyl (C=O) groups is 1. The molecule has 3 nitrogen and oxygen atoms in total. The molecule has 0 atom stereocenters. The number of fused-ring (bicyclic) bond motifs is 1. The predicted molar refractivity (Wildman–Crippen MR) is 48.6 cm³/mol. The fraction of sp³-hybridized carbons (Fsp3) is 0.375. The first-order valence-corrected chi connectivity index (χ1v) is 4.55. The molecule has 0 saturated carbocycles. The zero-order valence-corrected chi connectivity index (χ0v) is 8.34. The predicted octanol–water partition coefficient (Wildman–Crippen LogP) is 1.22. The van der Waals surface area contributed by atoms with E-state index in [0.717, 1.165) is 4.60 Å². The highest BCUT2D eigenvalue weighted by molar-refractivity contribution is 9.10. The summed E-state index contributed by atoms with van der Waals surface area (Å²) in [6.45, 7) is 1.17. The summed E-state index contributed by atoms with van der Waals surface area (Å²) in [5, 5.41) is 0. The minimum Gasteiger partial charge on any atom is -0.338 e. The Balaban J connectivity index is 2.43. The van der Waals surface area contributed by atoms with Crippen molar-refractivity contribution in [1.82, 2.24) is 9.47 Å². The number of nitrogens with zero attached hydrogens (tertiary/aromatic N) is 2. The van der Waals surface area contributed by atoms with Crippen LogP contribution in [0.4, 0.5) is 0 Å². The standard InChI is InChI=1S/C8H9BrN2O/c1-10-4-6-2-3-7(9)11(6)5-8(10)12/h2-3H,4-5H2,1H3. The van der Waals surface area contributed by atoms with E-state index in [1.807, 2.05) is 23.7 Å². The van der Waals surface area contributed by atoms with Gasteiger partial charge in [0.2, 0.25) is 5.91 Å². The molecule has 0 aromatic carbocycles. The van der Waals surface area contributed by atoms with E-state index >= 15 is 0 Å². The largest absolute Gasteiger partial charge is 0.338 e. The van der Waals surface area contributed by atoms with Crippen LogP contribution < -0.4 is 0 Å². The normalized spacial score (nSPS) is 16.5. The van der Waals surface area contributed by atoms with Crippen LogP contribution in [0, 0.1) is 0 Å². The third-order valence-electron chi connectivity index (χ3n) is 2.14. The van der Waals surface area contributed by atoms with Crippen LogP contribution >= 0.6 is 15.9 Å². The molecular formula is C8H9BrN2O. The van der Waals surface area contributed by atoms with Crippen LogP contribution in [0.5, 0.6) is 0 Å². The Hall–Kier alpha value is -0.770. The lowest BCUT2D eigenvalue weighted by Gasteiger charge is -2.24. The van der Waals surface area contributed by atoms with Gasteiger partial charge >= 0.3 is 0 Å². The minimum absolute atomic E-state index is 0.166. The van der Waals surface area contributed by atoms with Gasteiger partial charge in [0.05, 0.1) is 11.1 Å². The van der Waals surface area contributed by atoms with Gasteiger partial charge < -0.3 is 9.47 Å². The van der Waals surface area contributed by atoms with Gasteiger partial charge in [-0.3, -0.25) is 4.79 Å². The average Bonchev–Trinajstić information content (AvgIpc) is 2.35. The highest BCUT2D eigenvalue weighted by Gasteiger charge is 2.20. The third kappa shape index (κ3) is 1.06. The molecule has 2 rings (SSSR count). The van der Waals surface area contributed by atoms with Gasteiger partial charge in [0, 0.05) is 12.7 Å². The van der Waals surface area contributed by atoms with Crippen LogP contribution in [-0.2, 0) is 17.9 Å². The summed E-state index contributed by atoms with van der Waals surface area (Å²) < 4.78 is 2.97. The second kappa shape index (κ2) is 2.62. The number of carbonyl (C=O) groups excluding carboxylic acids is 1. The fourth-order valence-electron chi connectivity index (χ4n) is 1.38. The average molecular weight is 229 g/mol. The molecule has 0 spiro atoms. The SMILES string of the molecule is CN1Cc2ccc(Br)n2CC1=O. The summed E-state index contributed by atoms with van der Waals surface area (Å²) in [5.74, 6) is 0.166. The fourth-order valence-corrected chi connectivity index (χ4v) is 1.87. The van der Waals surface area contributed by atoms with Crippen LogP contribution in [-0.4, -0.2) is 22.4 Å². The van der Waals surface area contributed by atoms with E-state index in [4.69, 9.17) is 0 Å². The Bertz CT molecular complexity index is 332. The van der Waals surface area contributed by atoms with E-state index in [0.29, 0.717) is 13.1 Å². The molecule has 1 amide bonds. The zero-order valence-electron chi connectivity index (χ0n) is 6.75. The first-order valence-electron chi connectivity index (χ1n) is 3.76. The van der Waals surface area contributed by atoms with E-state index in [2.05, 4.69) is 15.9 Å². The molecule has 4 heteroatoms. The molecule has 0 saturated heterocycles. The summed E-state index contributed by atoms with van der Waals surface area (Å²) >= 11 is 3.39. The Labute approximate surface area is 79.1 Å². The lowest BCUT2D eigenvalue weighted by atomic mass is 10.3. The van der Waals surface area contributed by atoms with Gasteiger partial charge in [0.1, 0.15) is 6.54 Å². The maximum Gasteiger partial charge on any atom is 0.242 e. The molecule has 64 valence electrons. The quantitative estimate of drug-likeness (QED) is 0.656. The molecule has 2 heterocycles. The smallest absolute Gasteiger partial charge is 0.242 e. The van der Waals surface area contributed by atoms with E-state index in [9.17, 15) is 4.79 Å². The van der Waals surface area contributed by atoms with Gasteiger partial charge in [-0.15, -0.1) is 0 Å². The molecule has 0 bridgehead atoms. The van der Waals surface area contributed by atoms with Crippen LogP contribution in [0.25, 0.3) is 0 Å². The van der Waals surface area contributed by atoms with Crippen LogP contribution in [0.3, 0.4) is 0 Å². The van der Waals surface area contributed by atoms with Crippen molar-refractivity contribution in [3.05, 3.63) is 22.4 Å². The molecule has 1 aliphatic heterocycles. The number of hydrogen-bond acceptors (Lipinski definition) is 1. The lowest BCUT2D eigenvalue weighted by Crippen LogP contribution is -2.35. The minimum atomic E-state index is 0.166.